The van der Waals surface area contributed by atoms with Crippen LogP contribution in [0.3, 0.4) is 0 Å². The molecule has 0 saturated carbocycles. The van der Waals surface area contributed by atoms with Crippen molar-refractivity contribution in [2.24, 2.45) is 0 Å². The quantitative estimate of drug-likeness (QED) is 0.709. The van der Waals surface area contributed by atoms with E-state index >= 15 is 0 Å². The second-order valence-electron chi connectivity index (χ2n) is 3.03. The molecule has 1 aromatic carbocycles. The maximum Gasteiger partial charge on any atom is 0.227 e. The average Bonchev–Trinajstić information content (AvgIpc) is 2.43. The van der Waals surface area contributed by atoms with E-state index < -0.39 is 0 Å². The van der Waals surface area contributed by atoms with Crippen LogP contribution in [0.5, 0.6) is 0 Å². The lowest BCUT2D eigenvalue weighted by Crippen LogP contribution is -2.02. The molecule has 0 aliphatic carbocycles. The molecule has 0 unspecified atom stereocenters. The maximum atomic E-state index is 12.9. The van der Waals surface area contributed by atoms with Crippen LogP contribution in [0.2, 0.25) is 0 Å². The van der Waals surface area contributed by atoms with Gasteiger partial charge in [-0.3, -0.25) is 9.36 Å². The van der Waals surface area contributed by atoms with E-state index in [9.17, 15) is 9.18 Å². The van der Waals surface area contributed by atoms with Gasteiger partial charge < -0.3 is 0 Å². The van der Waals surface area contributed by atoms with Gasteiger partial charge in [-0.15, -0.1) is 0 Å². The average molecular weight is 256 g/mol. The number of halogens is 2. The molecule has 2 rings (SSSR count). The van der Waals surface area contributed by atoms with Gasteiger partial charge in [0.1, 0.15) is 5.82 Å². The Kier molecular flexibility index (Phi) is 2.15. The molecule has 0 amide bonds. The van der Waals surface area contributed by atoms with E-state index in [1.165, 1.54) is 23.6 Å². The first-order chi connectivity index (χ1) is 6.59. The number of hydrogen-bond donors (Lipinski definition) is 0. The lowest BCUT2D eigenvalue weighted by Gasteiger charge is -1.98. The van der Waals surface area contributed by atoms with Crippen LogP contribution in [-0.2, 0) is 0 Å². The molecule has 72 valence electrons. The number of nitrogens with zero attached hydrogens (tertiary/aromatic N) is 1. The van der Waals surface area contributed by atoms with Crippen LogP contribution in [0.1, 0.15) is 11.7 Å². The molecular weight excluding hydrogens is 249 g/mol. The molecule has 1 heterocycles. The first-order valence-electron chi connectivity index (χ1n) is 4.06. The highest BCUT2D eigenvalue weighted by Gasteiger charge is 2.09. The van der Waals surface area contributed by atoms with Gasteiger partial charge in [0.05, 0.1) is 5.52 Å². The Labute approximate surface area is 88.5 Å². The number of benzene rings is 1. The van der Waals surface area contributed by atoms with E-state index in [0.29, 0.717) is 5.52 Å². The third-order valence-corrected chi connectivity index (χ3v) is 2.69. The first kappa shape index (κ1) is 9.40. The fourth-order valence-corrected chi connectivity index (χ4v) is 1.96. The second kappa shape index (κ2) is 3.20. The highest BCUT2D eigenvalue weighted by molar-refractivity contribution is 9.10. The SMILES string of the molecule is CC(=O)n1cc(Br)c2ccc(F)cc21. The Balaban J connectivity index is 2.85. The summed E-state index contributed by atoms with van der Waals surface area (Å²) in [6, 6.07) is 4.37. The van der Waals surface area contributed by atoms with E-state index in [-0.39, 0.29) is 11.7 Å². The second-order valence-corrected chi connectivity index (χ2v) is 3.88. The van der Waals surface area contributed by atoms with Gasteiger partial charge in [-0.05, 0) is 34.1 Å². The lowest BCUT2D eigenvalue weighted by molar-refractivity contribution is 0.0941. The number of rotatable bonds is 0. The van der Waals surface area contributed by atoms with Crippen LogP contribution in [-0.4, -0.2) is 10.5 Å². The van der Waals surface area contributed by atoms with E-state index in [0.717, 1.165) is 9.86 Å². The number of carbonyl (C=O) groups excluding carboxylic acids is 1. The molecule has 1 aromatic heterocycles. The fraction of sp³-hybridized carbons (Fsp3) is 0.100. The molecule has 2 nitrogen and oxygen atoms in total. The highest BCUT2D eigenvalue weighted by atomic mass is 79.9. The van der Waals surface area contributed by atoms with Crippen LogP contribution < -0.4 is 0 Å². The molecule has 0 aliphatic heterocycles. The Morgan fingerprint density at radius 2 is 2.21 bits per heavy atom. The summed E-state index contributed by atoms with van der Waals surface area (Å²) in [6.45, 7) is 1.44. The molecule has 0 N–H and O–H groups in total. The summed E-state index contributed by atoms with van der Waals surface area (Å²) in [4.78, 5) is 11.2. The van der Waals surface area contributed by atoms with E-state index in [1.807, 2.05) is 0 Å². The Morgan fingerprint density at radius 3 is 2.86 bits per heavy atom. The number of hydrogen-bond acceptors (Lipinski definition) is 1. The smallest absolute Gasteiger partial charge is 0.227 e. The van der Waals surface area contributed by atoms with Crippen LogP contribution in [0.25, 0.3) is 10.9 Å². The van der Waals surface area contributed by atoms with Crippen molar-refractivity contribution in [3.8, 4) is 0 Å². The normalized spacial score (nSPS) is 10.8. The standard InChI is InChI=1S/C10H7BrFNO/c1-6(14)13-5-9(11)8-3-2-7(12)4-10(8)13/h2-5H,1H3. The van der Waals surface area contributed by atoms with Gasteiger partial charge >= 0.3 is 0 Å². The van der Waals surface area contributed by atoms with Crippen LogP contribution in [0.15, 0.2) is 28.9 Å². The molecule has 0 spiro atoms. The summed E-state index contributed by atoms with van der Waals surface area (Å²) in [6.07, 6.45) is 1.65. The molecule has 0 fully saturated rings. The van der Waals surface area contributed by atoms with Crippen molar-refractivity contribution < 1.29 is 9.18 Å². The molecule has 0 bridgehead atoms. The molecule has 14 heavy (non-hydrogen) atoms. The van der Waals surface area contributed by atoms with Gasteiger partial charge in [-0.2, -0.15) is 0 Å². The third kappa shape index (κ3) is 1.35. The predicted molar refractivity (Wildman–Crippen MR) is 55.9 cm³/mol. The van der Waals surface area contributed by atoms with Gasteiger partial charge in [0.15, 0.2) is 0 Å². The number of aromatic nitrogens is 1. The zero-order valence-electron chi connectivity index (χ0n) is 7.42. The van der Waals surface area contributed by atoms with Crippen LogP contribution in [0.4, 0.5) is 4.39 Å². The van der Waals surface area contributed by atoms with Crippen molar-refractivity contribution in [3.63, 3.8) is 0 Å². The molecule has 0 atom stereocenters. The van der Waals surface area contributed by atoms with Crippen molar-refractivity contribution in [1.29, 1.82) is 0 Å². The minimum Gasteiger partial charge on any atom is -0.286 e. The van der Waals surface area contributed by atoms with Crippen LogP contribution in [0, 0.1) is 5.82 Å². The Bertz CT molecular complexity index is 518. The monoisotopic (exact) mass is 255 g/mol. The van der Waals surface area contributed by atoms with Crippen molar-refractivity contribution in [2.45, 2.75) is 6.92 Å². The van der Waals surface area contributed by atoms with Crippen molar-refractivity contribution in [3.05, 3.63) is 34.7 Å². The van der Waals surface area contributed by atoms with Gasteiger partial charge in [0.25, 0.3) is 0 Å². The molecule has 2 aromatic rings. The minimum absolute atomic E-state index is 0.133. The molecule has 4 heteroatoms. The van der Waals surface area contributed by atoms with Crippen molar-refractivity contribution in [1.82, 2.24) is 4.57 Å². The van der Waals surface area contributed by atoms with Crippen molar-refractivity contribution >= 4 is 32.7 Å². The predicted octanol–water partition coefficient (Wildman–Crippen LogP) is 3.20. The Morgan fingerprint density at radius 1 is 1.50 bits per heavy atom. The fourth-order valence-electron chi connectivity index (χ4n) is 1.42. The Hall–Kier alpha value is -1.16. The maximum absolute atomic E-state index is 12.9. The minimum atomic E-state index is -0.342. The summed E-state index contributed by atoms with van der Waals surface area (Å²) >= 11 is 3.32. The van der Waals surface area contributed by atoms with Gasteiger partial charge in [0.2, 0.25) is 5.91 Å². The summed E-state index contributed by atoms with van der Waals surface area (Å²) in [5, 5.41) is 0.835. The highest BCUT2D eigenvalue weighted by Crippen LogP contribution is 2.26. The third-order valence-electron chi connectivity index (χ3n) is 2.06. The van der Waals surface area contributed by atoms with Gasteiger partial charge in [-0.25, -0.2) is 4.39 Å². The topological polar surface area (TPSA) is 22.0 Å². The summed E-state index contributed by atoms with van der Waals surface area (Å²) in [5.74, 6) is -0.475. The van der Waals surface area contributed by atoms with Gasteiger partial charge in [0, 0.05) is 23.0 Å². The number of carbonyl (C=O) groups is 1. The van der Waals surface area contributed by atoms with E-state index in [4.69, 9.17) is 0 Å². The molecule has 0 radical (unpaired) electrons. The van der Waals surface area contributed by atoms with E-state index in [2.05, 4.69) is 15.9 Å². The summed E-state index contributed by atoms with van der Waals surface area (Å²) in [7, 11) is 0. The largest absolute Gasteiger partial charge is 0.286 e. The van der Waals surface area contributed by atoms with Gasteiger partial charge in [-0.1, -0.05) is 0 Å². The lowest BCUT2D eigenvalue weighted by atomic mass is 10.2. The zero-order chi connectivity index (χ0) is 10.3. The molecular formula is C10H7BrFNO. The zero-order valence-corrected chi connectivity index (χ0v) is 9.01. The van der Waals surface area contributed by atoms with E-state index in [1.54, 1.807) is 12.3 Å². The first-order valence-corrected chi connectivity index (χ1v) is 4.86. The summed E-state index contributed by atoms with van der Waals surface area (Å²) < 4.78 is 15.2. The van der Waals surface area contributed by atoms with Crippen molar-refractivity contribution in [2.75, 3.05) is 0 Å². The van der Waals surface area contributed by atoms with Crippen LogP contribution >= 0.6 is 15.9 Å². The molecule has 0 aliphatic rings. The summed E-state index contributed by atoms with van der Waals surface area (Å²) in [5.41, 5.74) is 0.587. The number of fused-ring (bicyclic) bond motifs is 1. The molecule has 0 saturated heterocycles.